The number of pyridine rings is 1. The van der Waals surface area contributed by atoms with Crippen LogP contribution in [-0.4, -0.2) is 65.4 Å². The van der Waals surface area contributed by atoms with Gasteiger partial charge in [-0.05, 0) is 19.9 Å². The standard InChI is InChI=1S/C23H25F4N3O5/c1-4-28(16(31)6-23(25,26)27)9-22(3)10-29(11-22)18-15(24)5-13-17-20(18)35-8-12(2)30(17)7-14(19(13)32)21(33)34/h5,7,12H,4,6,8-11H2,1-3H3,(H,33,34). The Balaban J connectivity index is 1.66. The van der Waals surface area contributed by atoms with Crippen LogP contribution in [0.3, 0.4) is 0 Å². The fraction of sp³-hybridized carbons (Fsp3) is 0.522. The van der Waals surface area contributed by atoms with Crippen molar-refractivity contribution in [2.45, 2.75) is 39.4 Å². The average Bonchev–Trinajstić information content (AvgIpc) is 2.72. The van der Waals surface area contributed by atoms with Gasteiger partial charge in [0.2, 0.25) is 11.3 Å². The molecule has 1 amide bonds. The maximum Gasteiger partial charge on any atom is 0.397 e. The van der Waals surface area contributed by atoms with E-state index in [0.717, 1.165) is 11.0 Å². The maximum absolute atomic E-state index is 15.3. The first-order chi connectivity index (χ1) is 16.2. The highest BCUT2D eigenvalue weighted by Crippen LogP contribution is 2.46. The summed E-state index contributed by atoms with van der Waals surface area (Å²) in [7, 11) is 0. The normalized spacial score (nSPS) is 18.7. The van der Waals surface area contributed by atoms with E-state index in [4.69, 9.17) is 4.74 Å². The molecular weight excluding hydrogens is 474 g/mol. The van der Waals surface area contributed by atoms with Crippen molar-refractivity contribution in [1.29, 1.82) is 0 Å². The van der Waals surface area contributed by atoms with E-state index in [0.29, 0.717) is 5.52 Å². The number of ether oxygens (including phenoxy) is 1. The third-order valence-corrected chi connectivity index (χ3v) is 6.49. The Morgan fingerprint density at radius 1 is 1.31 bits per heavy atom. The van der Waals surface area contributed by atoms with Crippen molar-refractivity contribution in [1.82, 2.24) is 9.47 Å². The van der Waals surface area contributed by atoms with Gasteiger partial charge >= 0.3 is 12.1 Å². The number of aromatic carboxylic acids is 1. The van der Waals surface area contributed by atoms with Crippen LogP contribution in [0.2, 0.25) is 0 Å². The van der Waals surface area contributed by atoms with Crippen molar-refractivity contribution in [3.8, 4) is 5.75 Å². The fourth-order valence-corrected chi connectivity index (χ4v) is 4.91. The molecule has 0 spiro atoms. The van der Waals surface area contributed by atoms with Crippen LogP contribution in [0.25, 0.3) is 10.9 Å². The van der Waals surface area contributed by atoms with Gasteiger partial charge in [-0.1, -0.05) is 6.92 Å². The number of aromatic nitrogens is 1. The Kier molecular flexibility index (Phi) is 5.97. The minimum atomic E-state index is -4.60. The summed E-state index contributed by atoms with van der Waals surface area (Å²) in [5.41, 5.74) is -1.48. The van der Waals surface area contributed by atoms with E-state index in [9.17, 15) is 32.7 Å². The quantitative estimate of drug-likeness (QED) is 0.613. The molecule has 8 nitrogen and oxygen atoms in total. The number of carboxylic acids is 1. The molecule has 190 valence electrons. The summed E-state index contributed by atoms with van der Waals surface area (Å²) < 4.78 is 60.7. The van der Waals surface area contributed by atoms with Crippen LogP contribution < -0.4 is 15.1 Å². The number of carbonyl (C=O) groups excluding carboxylic acids is 1. The number of alkyl halides is 3. The van der Waals surface area contributed by atoms with Gasteiger partial charge in [-0.2, -0.15) is 13.2 Å². The van der Waals surface area contributed by atoms with Gasteiger partial charge in [0.15, 0.2) is 11.6 Å². The van der Waals surface area contributed by atoms with Crippen LogP contribution in [0.1, 0.15) is 43.6 Å². The average molecular weight is 499 g/mol. The topological polar surface area (TPSA) is 92.1 Å². The lowest BCUT2D eigenvalue weighted by Gasteiger charge is -2.51. The molecule has 1 atom stereocenters. The molecule has 0 bridgehead atoms. The van der Waals surface area contributed by atoms with Gasteiger partial charge in [0.25, 0.3) is 0 Å². The molecule has 2 aliphatic heterocycles. The molecule has 0 saturated carbocycles. The van der Waals surface area contributed by atoms with Gasteiger partial charge in [-0.25, -0.2) is 9.18 Å². The van der Waals surface area contributed by atoms with Crippen LogP contribution in [-0.2, 0) is 4.79 Å². The summed E-state index contributed by atoms with van der Waals surface area (Å²) in [6.45, 7) is 5.98. The molecule has 3 heterocycles. The molecule has 1 unspecified atom stereocenters. The SMILES string of the molecule is CCN(CC1(C)CN(c2c(F)cc3c(=O)c(C(=O)O)cn4c3c2OCC4C)C1)C(=O)CC(F)(F)F. The minimum absolute atomic E-state index is 0.0734. The van der Waals surface area contributed by atoms with Crippen LogP contribution in [0, 0.1) is 11.2 Å². The van der Waals surface area contributed by atoms with Crippen LogP contribution in [0.15, 0.2) is 17.1 Å². The number of hydrogen-bond donors (Lipinski definition) is 1. The van der Waals surface area contributed by atoms with E-state index in [-0.39, 0.29) is 55.7 Å². The van der Waals surface area contributed by atoms with Crippen molar-refractivity contribution in [3.05, 3.63) is 33.9 Å². The Bertz CT molecular complexity index is 1270. The van der Waals surface area contributed by atoms with Crippen LogP contribution in [0.5, 0.6) is 5.75 Å². The third-order valence-electron chi connectivity index (χ3n) is 6.49. The monoisotopic (exact) mass is 499 g/mol. The molecule has 35 heavy (non-hydrogen) atoms. The first kappa shape index (κ1) is 24.8. The van der Waals surface area contributed by atoms with E-state index in [1.54, 1.807) is 30.2 Å². The van der Waals surface area contributed by atoms with Crippen molar-refractivity contribution in [2.75, 3.05) is 37.7 Å². The zero-order valence-electron chi connectivity index (χ0n) is 19.4. The van der Waals surface area contributed by atoms with Gasteiger partial charge in [-0.3, -0.25) is 9.59 Å². The predicted molar refractivity (Wildman–Crippen MR) is 119 cm³/mol. The van der Waals surface area contributed by atoms with E-state index < -0.39 is 46.7 Å². The van der Waals surface area contributed by atoms with Crippen LogP contribution in [0.4, 0.5) is 23.2 Å². The number of carboxylic acid groups (broad SMARTS) is 1. The van der Waals surface area contributed by atoms with Crippen molar-refractivity contribution < 1.29 is 37.0 Å². The van der Waals surface area contributed by atoms with Crippen molar-refractivity contribution in [2.24, 2.45) is 5.41 Å². The molecule has 0 aliphatic carbocycles. The van der Waals surface area contributed by atoms with Gasteiger partial charge < -0.3 is 24.2 Å². The lowest BCUT2D eigenvalue weighted by Crippen LogP contribution is -2.60. The number of benzene rings is 1. The summed E-state index contributed by atoms with van der Waals surface area (Å²) in [5.74, 6) is -3.07. The molecule has 1 N–H and O–H groups in total. The van der Waals surface area contributed by atoms with E-state index >= 15 is 4.39 Å². The number of anilines is 1. The summed E-state index contributed by atoms with van der Waals surface area (Å²) in [6.07, 6.45) is -4.90. The van der Waals surface area contributed by atoms with Crippen LogP contribution >= 0.6 is 0 Å². The zero-order chi connectivity index (χ0) is 25.9. The van der Waals surface area contributed by atoms with E-state index in [2.05, 4.69) is 0 Å². The molecule has 1 aromatic carbocycles. The van der Waals surface area contributed by atoms with Gasteiger partial charge in [0, 0.05) is 37.8 Å². The summed E-state index contributed by atoms with van der Waals surface area (Å²) in [4.78, 5) is 39.1. The van der Waals surface area contributed by atoms with Gasteiger partial charge in [-0.15, -0.1) is 0 Å². The van der Waals surface area contributed by atoms with E-state index in [1.165, 1.54) is 6.20 Å². The van der Waals surface area contributed by atoms with Gasteiger partial charge in [0.05, 0.1) is 16.9 Å². The number of amides is 1. The highest BCUT2D eigenvalue weighted by atomic mass is 19.4. The molecule has 1 saturated heterocycles. The molecule has 2 aromatic rings. The molecule has 0 radical (unpaired) electrons. The number of hydrogen-bond acceptors (Lipinski definition) is 5. The Hall–Kier alpha value is -3.31. The number of carbonyl (C=O) groups is 2. The maximum atomic E-state index is 15.3. The molecule has 1 fully saturated rings. The Morgan fingerprint density at radius 2 is 1.97 bits per heavy atom. The second-order valence-corrected chi connectivity index (χ2v) is 9.54. The Morgan fingerprint density at radius 3 is 2.54 bits per heavy atom. The molecule has 12 heteroatoms. The zero-order valence-corrected chi connectivity index (χ0v) is 19.4. The smallest absolute Gasteiger partial charge is 0.397 e. The summed E-state index contributed by atoms with van der Waals surface area (Å²) >= 11 is 0. The van der Waals surface area contributed by atoms with Crippen molar-refractivity contribution >= 4 is 28.5 Å². The van der Waals surface area contributed by atoms with Crippen molar-refractivity contribution in [3.63, 3.8) is 0 Å². The first-order valence-corrected chi connectivity index (χ1v) is 11.1. The fourth-order valence-electron chi connectivity index (χ4n) is 4.91. The summed E-state index contributed by atoms with van der Waals surface area (Å²) in [6, 6.07) is 0.697. The lowest BCUT2D eigenvalue weighted by atomic mass is 9.80. The molecule has 2 aliphatic rings. The number of halogens is 4. The summed E-state index contributed by atoms with van der Waals surface area (Å²) in [5, 5.41) is 9.29. The first-order valence-electron chi connectivity index (χ1n) is 11.1. The molecular formula is C23H25F4N3O5. The minimum Gasteiger partial charge on any atom is -0.487 e. The third kappa shape index (κ3) is 4.41. The second-order valence-electron chi connectivity index (χ2n) is 9.54. The number of rotatable bonds is 6. The molecule has 4 rings (SSSR count). The van der Waals surface area contributed by atoms with Gasteiger partial charge in [0.1, 0.15) is 24.3 Å². The lowest BCUT2D eigenvalue weighted by molar-refractivity contribution is -0.162. The highest BCUT2D eigenvalue weighted by Gasteiger charge is 2.44. The highest BCUT2D eigenvalue weighted by molar-refractivity contribution is 5.97. The second kappa shape index (κ2) is 8.42. The molecule has 1 aromatic heterocycles. The largest absolute Gasteiger partial charge is 0.487 e. The van der Waals surface area contributed by atoms with E-state index in [1.807, 2.05) is 0 Å². The predicted octanol–water partition coefficient (Wildman–Crippen LogP) is 3.42. The number of nitrogens with zero attached hydrogens (tertiary/aromatic N) is 3. The Labute approximate surface area is 197 Å².